The van der Waals surface area contributed by atoms with E-state index in [0.29, 0.717) is 30.0 Å². The maximum atomic E-state index is 12.2. The van der Waals surface area contributed by atoms with Gasteiger partial charge < -0.3 is 19.5 Å². The molecule has 0 radical (unpaired) electrons. The molecule has 6 heteroatoms. The Morgan fingerprint density at radius 1 is 0.958 bits per heavy atom. The van der Waals surface area contributed by atoms with E-state index < -0.39 is 0 Å². The maximum absolute atomic E-state index is 12.2. The summed E-state index contributed by atoms with van der Waals surface area (Å²) < 4.78 is 15.1. The number of ether oxygens (including phenoxy) is 3. The number of nitrogens with one attached hydrogen (secondary N) is 1. The second-order valence-electron chi connectivity index (χ2n) is 5.50. The fourth-order valence-electron chi connectivity index (χ4n) is 2.37. The molecule has 0 aliphatic carbocycles. The SMILES string of the molecule is COC(=O)CCCCCCNC(=O)c1cc(OC)c(C)c(OC)c1. The quantitative estimate of drug-likeness (QED) is 0.525. The van der Waals surface area contributed by atoms with Crippen LogP contribution in [0.4, 0.5) is 0 Å². The third-order valence-electron chi connectivity index (χ3n) is 3.84. The van der Waals surface area contributed by atoms with Gasteiger partial charge in [0, 0.05) is 24.1 Å². The highest BCUT2D eigenvalue weighted by molar-refractivity contribution is 5.95. The Morgan fingerprint density at radius 3 is 2.08 bits per heavy atom. The van der Waals surface area contributed by atoms with Gasteiger partial charge in [0.15, 0.2) is 0 Å². The van der Waals surface area contributed by atoms with E-state index in [9.17, 15) is 9.59 Å². The summed E-state index contributed by atoms with van der Waals surface area (Å²) in [6.45, 7) is 2.48. The molecule has 0 heterocycles. The summed E-state index contributed by atoms with van der Waals surface area (Å²) in [4.78, 5) is 23.2. The number of hydrogen-bond acceptors (Lipinski definition) is 5. The summed E-state index contributed by atoms with van der Waals surface area (Å²) >= 11 is 0. The van der Waals surface area contributed by atoms with Crippen molar-refractivity contribution < 1.29 is 23.8 Å². The van der Waals surface area contributed by atoms with Gasteiger partial charge in [-0.25, -0.2) is 0 Å². The highest BCUT2D eigenvalue weighted by atomic mass is 16.5. The first kappa shape index (κ1) is 19.8. The second kappa shape index (κ2) is 10.5. The number of methoxy groups -OCH3 is 3. The summed E-state index contributed by atoms with van der Waals surface area (Å²) in [6, 6.07) is 3.42. The minimum absolute atomic E-state index is 0.152. The van der Waals surface area contributed by atoms with E-state index in [1.165, 1.54) is 7.11 Å². The largest absolute Gasteiger partial charge is 0.496 e. The number of rotatable bonds is 10. The van der Waals surface area contributed by atoms with Gasteiger partial charge in [-0.2, -0.15) is 0 Å². The van der Waals surface area contributed by atoms with Gasteiger partial charge in [0.2, 0.25) is 0 Å². The predicted molar refractivity (Wildman–Crippen MR) is 91.7 cm³/mol. The molecule has 0 aromatic heterocycles. The number of carbonyl (C=O) groups excluding carboxylic acids is 2. The summed E-state index contributed by atoms with van der Waals surface area (Å²) in [7, 11) is 4.53. The highest BCUT2D eigenvalue weighted by Crippen LogP contribution is 2.29. The van der Waals surface area contributed by atoms with Crippen molar-refractivity contribution in [3.63, 3.8) is 0 Å². The van der Waals surface area contributed by atoms with E-state index in [-0.39, 0.29) is 11.9 Å². The van der Waals surface area contributed by atoms with Gasteiger partial charge in [-0.3, -0.25) is 9.59 Å². The lowest BCUT2D eigenvalue weighted by Crippen LogP contribution is -2.24. The molecule has 0 aliphatic heterocycles. The summed E-state index contributed by atoms with van der Waals surface area (Å²) in [5, 5.41) is 2.89. The highest BCUT2D eigenvalue weighted by Gasteiger charge is 2.13. The van der Waals surface area contributed by atoms with Crippen molar-refractivity contribution in [3.05, 3.63) is 23.3 Å². The molecule has 0 fully saturated rings. The average molecular weight is 337 g/mol. The van der Waals surface area contributed by atoms with Gasteiger partial charge in [0.05, 0.1) is 21.3 Å². The molecule has 1 N–H and O–H groups in total. The number of hydrogen-bond donors (Lipinski definition) is 1. The summed E-state index contributed by atoms with van der Waals surface area (Å²) in [5.41, 5.74) is 1.38. The van der Waals surface area contributed by atoms with Crippen molar-refractivity contribution in [1.82, 2.24) is 5.32 Å². The average Bonchev–Trinajstić information content (AvgIpc) is 2.60. The second-order valence-corrected chi connectivity index (χ2v) is 5.50. The molecular formula is C18H27NO5. The standard InChI is InChI=1S/C18H27NO5/c1-13-15(22-2)11-14(12-16(13)23-3)18(21)19-10-8-6-5-7-9-17(20)24-4/h11-12H,5-10H2,1-4H3,(H,19,21). The van der Waals surface area contributed by atoms with Crippen LogP contribution in [0.2, 0.25) is 0 Å². The first-order valence-corrected chi connectivity index (χ1v) is 8.11. The van der Waals surface area contributed by atoms with Crippen LogP contribution < -0.4 is 14.8 Å². The van der Waals surface area contributed by atoms with E-state index in [1.807, 2.05) is 6.92 Å². The number of esters is 1. The first-order chi connectivity index (χ1) is 11.5. The molecule has 1 amide bonds. The van der Waals surface area contributed by atoms with Crippen LogP contribution in [-0.2, 0) is 9.53 Å². The predicted octanol–water partition coefficient (Wildman–Crippen LogP) is 2.87. The lowest BCUT2D eigenvalue weighted by molar-refractivity contribution is -0.140. The van der Waals surface area contributed by atoms with Crippen LogP contribution in [0.15, 0.2) is 12.1 Å². The van der Waals surface area contributed by atoms with Gasteiger partial charge in [-0.15, -0.1) is 0 Å². The fraction of sp³-hybridized carbons (Fsp3) is 0.556. The Balaban J connectivity index is 2.39. The van der Waals surface area contributed by atoms with E-state index in [4.69, 9.17) is 9.47 Å². The number of unbranched alkanes of at least 4 members (excludes halogenated alkanes) is 3. The van der Waals surface area contributed by atoms with Gasteiger partial charge in [-0.05, 0) is 31.9 Å². The first-order valence-electron chi connectivity index (χ1n) is 8.11. The summed E-state index contributed by atoms with van der Waals surface area (Å²) in [6.07, 6.45) is 4.03. The third-order valence-corrected chi connectivity index (χ3v) is 3.84. The topological polar surface area (TPSA) is 73.9 Å². The number of amides is 1. The lowest BCUT2D eigenvalue weighted by Gasteiger charge is -2.12. The molecule has 1 aromatic rings. The molecule has 0 aliphatic rings. The minimum Gasteiger partial charge on any atom is -0.496 e. The Morgan fingerprint density at radius 2 is 1.54 bits per heavy atom. The normalized spacial score (nSPS) is 10.2. The van der Waals surface area contributed by atoms with Crippen molar-refractivity contribution in [3.8, 4) is 11.5 Å². The zero-order valence-corrected chi connectivity index (χ0v) is 14.9. The third kappa shape index (κ3) is 6.10. The van der Waals surface area contributed by atoms with Gasteiger partial charge >= 0.3 is 5.97 Å². The maximum Gasteiger partial charge on any atom is 0.305 e. The molecule has 0 saturated carbocycles. The minimum atomic E-state index is -0.175. The van der Waals surface area contributed by atoms with Gasteiger partial charge in [0.1, 0.15) is 11.5 Å². The molecule has 6 nitrogen and oxygen atoms in total. The van der Waals surface area contributed by atoms with E-state index in [0.717, 1.165) is 31.2 Å². The van der Waals surface area contributed by atoms with Gasteiger partial charge in [-0.1, -0.05) is 12.8 Å². The summed E-state index contributed by atoms with van der Waals surface area (Å²) in [5.74, 6) is 0.927. The van der Waals surface area contributed by atoms with Crippen LogP contribution in [0, 0.1) is 6.92 Å². The molecule has 134 valence electrons. The van der Waals surface area contributed by atoms with Crippen molar-refractivity contribution in [1.29, 1.82) is 0 Å². The van der Waals surface area contributed by atoms with E-state index >= 15 is 0 Å². The zero-order valence-electron chi connectivity index (χ0n) is 14.9. The van der Waals surface area contributed by atoms with E-state index in [2.05, 4.69) is 10.1 Å². The molecule has 0 atom stereocenters. The fourth-order valence-corrected chi connectivity index (χ4v) is 2.37. The van der Waals surface area contributed by atoms with Gasteiger partial charge in [0.25, 0.3) is 5.91 Å². The smallest absolute Gasteiger partial charge is 0.305 e. The molecular weight excluding hydrogens is 310 g/mol. The molecule has 0 bridgehead atoms. The van der Waals surface area contributed by atoms with Crippen molar-refractivity contribution in [2.75, 3.05) is 27.9 Å². The molecule has 0 saturated heterocycles. The molecule has 0 spiro atoms. The van der Waals surface area contributed by atoms with Crippen LogP contribution >= 0.6 is 0 Å². The monoisotopic (exact) mass is 337 g/mol. The Bertz CT molecular complexity index is 531. The van der Waals surface area contributed by atoms with Crippen LogP contribution in [-0.4, -0.2) is 39.8 Å². The zero-order chi connectivity index (χ0) is 17.9. The molecule has 1 rings (SSSR count). The lowest BCUT2D eigenvalue weighted by atomic mass is 10.1. The van der Waals surface area contributed by atoms with Crippen LogP contribution in [0.3, 0.4) is 0 Å². The van der Waals surface area contributed by atoms with Crippen molar-refractivity contribution in [2.24, 2.45) is 0 Å². The molecule has 0 unspecified atom stereocenters. The van der Waals surface area contributed by atoms with Crippen LogP contribution in [0.1, 0.15) is 48.0 Å². The van der Waals surface area contributed by atoms with Crippen LogP contribution in [0.25, 0.3) is 0 Å². The Kier molecular flexibility index (Phi) is 8.68. The number of carbonyl (C=O) groups is 2. The van der Waals surface area contributed by atoms with Crippen LogP contribution in [0.5, 0.6) is 11.5 Å². The van der Waals surface area contributed by atoms with Crippen molar-refractivity contribution >= 4 is 11.9 Å². The molecule has 24 heavy (non-hydrogen) atoms. The Hall–Kier alpha value is -2.24. The molecule has 1 aromatic carbocycles. The number of benzene rings is 1. The Labute approximate surface area is 143 Å². The van der Waals surface area contributed by atoms with E-state index in [1.54, 1.807) is 26.4 Å². The van der Waals surface area contributed by atoms with Crippen molar-refractivity contribution in [2.45, 2.75) is 39.0 Å².